The van der Waals surface area contributed by atoms with Gasteiger partial charge < -0.3 is 15.3 Å². The lowest BCUT2D eigenvalue weighted by Crippen LogP contribution is -2.46. The summed E-state index contributed by atoms with van der Waals surface area (Å²) in [5.74, 6) is 0. The molecule has 0 saturated heterocycles. The Hall–Kier alpha value is -1.46. The van der Waals surface area contributed by atoms with Crippen LogP contribution in [0.2, 0.25) is 0 Å². The molecular weight excluding hydrogens is 176 g/mol. The molecule has 0 unspecified atom stereocenters. The highest BCUT2D eigenvalue weighted by atomic mass is 16.7. The Bertz CT molecular complexity index is 215. The van der Waals surface area contributed by atoms with E-state index in [1.54, 1.807) is 0 Å². The number of hydrogen-bond acceptors (Lipinski definition) is 3. The van der Waals surface area contributed by atoms with Crippen molar-refractivity contribution in [2.45, 2.75) is 25.3 Å². The minimum absolute atomic E-state index is 0.171. The van der Waals surface area contributed by atoms with E-state index < -0.39 is 12.2 Å². The Labute approximate surface area is 75.4 Å². The lowest BCUT2D eigenvalue weighted by Gasteiger charge is -2.32. The normalized spacial score (nSPS) is 15.8. The van der Waals surface area contributed by atoms with E-state index in [1.165, 1.54) is 7.05 Å². The fraction of sp³-hybridized carbons (Fsp3) is 0.714. The van der Waals surface area contributed by atoms with E-state index in [0.29, 0.717) is 5.06 Å². The summed E-state index contributed by atoms with van der Waals surface area (Å²) in [4.78, 5) is 25.9. The Morgan fingerprint density at radius 2 is 2.15 bits per heavy atom. The van der Waals surface area contributed by atoms with Crippen LogP contribution >= 0.6 is 0 Å². The molecule has 1 fully saturated rings. The summed E-state index contributed by atoms with van der Waals surface area (Å²) >= 11 is 0. The van der Waals surface area contributed by atoms with Gasteiger partial charge in [0.2, 0.25) is 0 Å². The first-order valence-corrected chi connectivity index (χ1v) is 4.07. The monoisotopic (exact) mass is 188 g/mol. The Morgan fingerprint density at radius 1 is 1.54 bits per heavy atom. The molecule has 1 saturated carbocycles. The smallest absolute Gasteiger partial charge is 0.441 e. The van der Waals surface area contributed by atoms with Crippen LogP contribution in [0.5, 0.6) is 0 Å². The van der Waals surface area contributed by atoms with Crippen LogP contribution in [0.4, 0.5) is 9.59 Å². The van der Waals surface area contributed by atoms with Gasteiger partial charge >= 0.3 is 12.2 Å². The number of carboxylic acid groups (broad SMARTS) is 1. The third-order valence-corrected chi connectivity index (χ3v) is 1.98. The Kier molecular flexibility index (Phi) is 2.94. The molecule has 0 aromatic rings. The van der Waals surface area contributed by atoms with Crippen LogP contribution in [0.1, 0.15) is 19.3 Å². The van der Waals surface area contributed by atoms with Gasteiger partial charge in [-0.15, -0.1) is 5.06 Å². The second kappa shape index (κ2) is 3.97. The first-order chi connectivity index (χ1) is 6.15. The molecule has 0 spiro atoms. The third-order valence-electron chi connectivity index (χ3n) is 1.98. The average Bonchev–Trinajstić information content (AvgIpc) is 1.99. The van der Waals surface area contributed by atoms with E-state index in [-0.39, 0.29) is 6.04 Å². The summed E-state index contributed by atoms with van der Waals surface area (Å²) in [5, 5.41) is 11.6. The predicted octanol–water partition coefficient (Wildman–Crippen LogP) is 0.790. The zero-order chi connectivity index (χ0) is 9.84. The number of nitrogens with one attached hydrogen (secondary N) is 1. The van der Waals surface area contributed by atoms with E-state index in [2.05, 4.69) is 10.2 Å². The van der Waals surface area contributed by atoms with E-state index in [1.807, 2.05) is 0 Å². The molecule has 0 aromatic carbocycles. The summed E-state index contributed by atoms with van der Waals surface area (Å²) < 4.78 is 0. The molecule has 74 valence electrons. The maximum absolute atomic E-state index is 10.7. The molecular formula is C7H12N2O4. The predicted molar refractivity (Wildman–Crippen MR) is 43.0 cm³/mol. The number of rotatable bonds is 1. The summed E-state index contributed by atoms with van der Waals surface area (Å²) in [6.07, 6.45) is 0.501. The summed E-state index contributed by atoms with van der Waals surface area (Å²) in [6.45, 7) is 0. The van der Waals surface area contributed by atoms with Crippen LogP contribution in [0, 0.1) is 0 Å². The van der Waals surface area contributed by atoms with Crippen molar-refractivity contribution in [3.8, 4) is 0 Å². The zero-order valence-corrected chi connectivity index (χ0v) is 7.32. The fourth-order valence-electron chi connectivity index (χ4n) is 1.03. The molecule has 0 aliphatic heterocycles. The Morgan fingerprint density at radius 3 is 2.46 bits per heavy atom. The number of carbonyl (C=O) groups is 2. The highest BCUT2D eigenvalue weighted by Gasteiger charge is 2.31. The standard InChI is InChI=1S/C7H12N2O4/c1-8-6(10)13-9(7(11)12)5-3-2-4-5/h5H,2-4H2,1H3,(H,8,10)(H,11,12). The van der Waals surface area contributed by atoms with Crippen molar-refractivity contribution in [3.63, 3.8) is 0 Å². The highest BCUT2D eigenvalue weighted by molar-refractivity contribution is 5.71. The van der Waals surface area contributed by atoms with E-state index >= 15 is 0 Å². The van der Waals surface area contributed by atoms with Crippen molar-refractivity contribution in [3.05, 3.63) is 0 Å². The number of carbonyl (C=O) groups excluding carboxylic acids is 1. The molecule has 0 aromatic heterocycles. The Balaban J connectivity index is 2.46. The number of amides is 2. The van der Waals surface area contributed by atoms with Crippen molar-refractivity contribution in [2.24, 2.45) is 0 Å². The summed E-state index contributed by atoms with van der Waals surface area (Å²) in [6, 6.07) is -0.171. The van der Waals surface area contributed by atoms with E-state index in [0.717, 1.165) is 19.3 Å². The van der Waals surface area contributed by atoms with Gasteiger partial charge in [-0.1, -0.05) is 0 Å². The van der Waals surface area contributed by atoms with Crippen LogP contribution in [0.3, 0.4) is 0 Å². The first-order valence-electron chi connectivity index (χ1n) is 4.07. The maximum atomic E-state index is 10.7. The minimum Gasteiger partial charge on any atom is -0.463 e. The summed E-state index contributed by atoms with van der Waals surface area (Å²) in [7, 11) is 1.38. The molecule has 1 aliphatic carbocycles. The van der Waals surface area contributed by atoms with Crippen molar-refractivity contribution in [1.82, 2.24) is 10.4 Å². The second-order valence-corrected chi connectivity index (χ2v) is 2.82. The van der Waals surface area contributed by atoms with Gasteiger partial charge in [0, 0.05) is 7.05 Å². The van der Waals surface area contributed by atoms with Gasteiger partial charge in [0.25, 0.3) is 0 Å². The van der Waals surface area contributed by atoms with Crippen molar-refractivity contribution in [2.75, 3.05) is 7.05 Å². The molecule has 2 N–H and O–H groups in total. The second-order valence-electron chi connectivity index (χ2n) is 2.82. The molecule has 13 heavy (non-hydrogen) atoms. The quantitative estimate of drug-likeness (QED) is 0.596. The van der Waals surface area contributed by atoms with Crippen molar-refractivity contribution >= 4 is 12.2 Å². The van der Waals surface area contributed by atoms with Gasteiger partial charge in [-0.2, -0.15) is 0 Å². The maximum Gasteiger partial charge on any atom is 0.441 e. The van der Waals surface area contributed by atoms with Crippen LogP contribution in [0.15, 0.2) is 0 Å². The molecule has 2 amide bonds. The molecule has 1 rings (SSSR count). The average molecular weight is 188 g/mol. The lowest BCUT2D eigenvalue weighted by atomic mass is 9.93. The van der Waals surface area contributed by atoms with Gasteiger partial charge in [0.05, 0.1) is 6.04 Å². The van der Waals surface area contributed by atoms with Crippen LogP contribution in [-0.2, 0) is 4.84 Å². The van der Waals surface area contributed by atoms with Gasteiger partial charge in [0.15, 0.2) is 0 Å². The van der Waals surface area contributed by atoms with Crippen molar-refractivity contribution in [1.29, 1.82) is 0 Å². The van der Waals surface area contributed by atoms with Gasteiger partial charge in [-0.3, -0.25) is 0 Å². The number of hydroxylamine groups is 2. The SMILES string of the molecule is CNC(=O)ON(C(=O)O)C1CCC1. The van der Waals surface area contributed by atoms with Crippen LogP contribution in [-0.4, -0.2) is 35.4 Å². The largest absolute Gasteiger partial charge is 0.463 e. The molecule has 0 heterocycles. The topological polar surface area (TPSA) is 78.9 Å². The molecule has 0 radical (unpaired) electrons. The van der Waals surface area contributed by atoms with E-state index in [9.17, 15) is 9.59 Å². The van der Waals surface area contributed by atoms with E-state index in [4.69, 9.17) is 5.11 Å². The highest BCUT2D eigenvalue weighted by Crippen LogP contribution is 2.24. The van der Waals surface area contributed by atoms with Gasteiger partial charge in [-0.05, 0) is 19.3 Å². The minimum atomic E-state index is -1.23. The fourth-order valence-corrected chi connectivity index (χ4v) is 1.03. The van der Waals surface area contributed by atoms with Crippen molar-refractivity contribution < 1.29 is 19.5 Å². The summed E-state index contributed by atoms with van der Waals surface area (Å²) in [5.41, 5.74) is 0. The molecule has 0 atom stereocenters. The zero-order valence-electron chi connectivity index (χ0n) is 7.32. The first kappa shape index (κ1) is 9.63. The third kappa shape index (κ3) is 2.24. The number of nitrogens with zero attached hydrogens (tertiary/aromatic N) is 1. The van der Waals surface area contributed by atoms with Gasteiger partial charge in [0.1, 0.15) is 0 Å². The molecule has 6 nitrogen and oxygen atoms in total. The van der Waals surface area contributed by atoms with Crippen LogP contribution < -0.4 is 5.32 Å². The molecule has 1 aliphatic rings. The van der Waals surface area contributed by atoms with Crippen LogP contribution in [0.25, 0.3) is 0 Å². The lowest BCUT2D eigenvalue weighted by molar-refractivity contribution is -0.120. The molecule has 0 bridgehead atoms. The van der Waals surface area contributed by atoms with Gasteiger partial charge in [-0.25, -0.2) is 9.59 Å². The number of hydrogen-bond donors (Lipinski definition) is 2. The molecule has 6 heteroatoms.